The van der Waals surface area contributed by atoms with Crippen LogP contribution in [-0.4, -0.2) is 33.7 Å². The van der Waals surface area contributed by atoms with Crippen LogP contribution in [-0.2, 0) is 10.0 Å². The molecule has 3 aromatic heterocycles. The fraction of sp³-hybridized carbons (Fsp3) is 0.0400. The summed E-state index contributed by atoms with van der Waals surface area (Å²) in [6.45, 7) is 1.74. The molecule has 0 aliphatic rings. The van der Waals surface area contributed by atoms with E-state index < -0.39 is 10.0 Å². The molecule has 1 amide bonds. The normalized spacial score (nSPS) is 11.3. The van der Waals surface area contributed by atoms with Crippen LogP contribution in [0.1, 0.15) is 16.1 Å². The van der Waals surface area contributed by atoms with Crippen LogP contribution in [0.4, 0.5) is 11.6 Å². The zero-order valence-electron chi connectivity index (χ0n) is 18.6. The third kappa shape index (κ3) is 4.87. The number of benzene rings is 2. The summed E-state index contributed by atoms with van der Waals surface area (Å²) in [7, 11) is -3.87. The first kappa shape index (κ1) is 22.2. The van der Waals surface area contributed by atoms with Crippen molar-refractivity contribution < 1.29 is 13.2 Å². The number of rotatable bonds is 6. The molecule has 5 rings (SSSR count). The Kier molecular flexibility index (Phi) is 5.71. The molecule has 10 heteroatoms. The van der Waals surface area contributed by atoms with Crippen molar-refractivity contribution in [1.29, 1.82) is 0 Å². The highest BCUT2D eigenvalue weighted by Crippen LogP contribution is 2.21. The predicted octanol–water partition coefficient (Wildman–Crippen LogP) is 4.15. The number of sulfonamides is 1. The van der Waals surface area contributed by atoms with Gasteiger partial charge in [-0.25, -0.2) is 28.1 Å². The lowest BCUT2D eigenvalue weighted by Crippen LogP contribution is -2.16. The van der Waals surface area contributed by atoms with Gasteiger partial charge in [0.15, 0.2) is 0 Å². The van der Waals surface area contributed by atoms with E-state index in [4.69, 9.17) is 0 Å². The molecule has 35 heavy (non-hydrogen) atoms. The van der Waals surface area contributed by atoms with Crippen molar-refractivity contribution in [2.75, 3.05) is 10.0 Å². The molecular formula is C25H20N6O3S. The zero-order valence-corrected chi connectivity index (χ0v) is 19.4. The van der Waals surface area contributed by atoms with Crippen molar-refractivity contribution >= 4 is 33.2 Å². The summed E-state index contributed by atoms with van der Waals surface area (Å²) in [4.78, 5) is 25.4. The number of nitrogens with zero attached hydrogens (tertiary/aromatic N) is 4. The van der Waals surface area contributed by atoms with Crippen LogP contribution in [0, 0.1) is 6.92 Å². The second-order valence-corrected chi connectivity index (χ2v) is 9.46. The number of hydrogen-bond donors (Lipinski definition) is 2. The fourth-order valence-electron chi connectivity index (χ4n) is 3.47. The van der Waals surface area contributed by atoms with E-state index in [1.54, 1.807) is 31.3 Å². The molecule has 5 aromatic rings. The molecule has 0 unspecified atom stereocenters. The number of fused-ring (bicyclic) bond motifs is 1. The van der Waals surface area contributed by atoms with Crippen LogP contribution < -0.4 is 10.0 Å². The van der Waals surface area contributed by atoms with Gasteiger partial charge in [-0.1, -0.05) is 30.3 Å². The molecule has 9 nitrogen and oxygen atoms in total. The van der Waals surface area contributed by atoms with Crippen molar-refractivity contribution in [3.63, 3.8) is 0 Å². The van der Waals surface area contributed by atoms with Gasteiger partial charge >= 0.3 is 0 Å². The molecule has 0 radical (unpaired) electrons. The van der Waals surface area contributed by atoms with E-state index in [0.29, 0.717) is 22.6 Å². The Morgan fingerprint density at radius 3 is 2.46 bits per heavy atom. The molecule has 0 spiro atoms. The summed E-state index contributed by atoms with van der Waals surface area (Å²) in [5, 5.41) is 2.78. The van der Waals surface area contributed by atoms with Crippen molar-refractivity contribution in [3.05, 3.63) is 103 Å². The lowest BCUT2D eigenvalue weighted by molar-refractivity contribution is 0.102. The Hall–Kier alpha value is -4.57. The van der Waals surface area contributed by atoms with Gasteiger partial charge in [-0.3, -0.25) is 4.79 Å². The second-order valence-electron chi connectivity index (χ2n) is 7.78. The average Bonchev–Trinajstić information content (AvgIpc) is 3.28. The number of carbonyl (C=O) groups excluding carboxylic acids is 1. The van der Waals surface area contributed by atoms with Crippen LogP contribution in [0.25, 0.3) is 16.9 Å². The molecule has 0 fully saturated rings. The number of nitrogens with one attached hydrogen (secondary N) is 2. The molecular weight excluding hydrogens is 464 g/mol. The summed E-state index contributed by atoms with van der Waals surface area (Å²) >= 11 is 0. The molecule has 3 heterocycles. The van der Waals surface area contributed by atoms with Crippen molar-refractivity contribution in [3.8, 4) is 11.3 Å². The summed E-state index contributed by atoms with van der Waals surface area (Å²) in [5.41, 5.74) is 3.96. The maximum atomic E-state index is 12.8. The highest BCUT2D eigenvalue weighted by Gasteiger charge is 2.16. The van der Waals surface area contributed by atoms with Gasteiger partial charge < -0.3 is 9.72 Å². The standard InChI is InChI=1S/C25H20N6O3S/c1-17-11-13-26-25(27-17)30-35(33,34)21-9-7-20(8-10-21)28-24(32)19-12-14-31-16-22(29-23(31)15-19)18-5-3-2-4-6-18/h2-16H,1H3,(H,28,32)(H,26,27,30). The molecule has 0 atom stereocenters. The minimum Gasteiger partial charge on any atom is -0.322 e. The number of aryl methyl sites for hydroxylation is 1. The molecule has 0 aliphatic carbocycles. The predicted molar refractivity (Wildman–Crippen MR) is 133 cm³/mol. The van der Waals surface area contributed by atoms with E-state index in [1.807, 2.05) is 40.9 Å². The van der Waals surface area contributed by atoms with E-state index in [9.17, 15) is 13.2 Å². The minimum absolute atomic E-state index is 0.00724. The van der Waals surface area contributed by atoms with Crippen molar-refractivity contribution in [1.82, 2.24) is 19.4 Å². The third-order valence-corrected chi connectivity index (χ3v) is 6.58. The van der Waals surface area contributed by atoms with Crippen LogP contribution in [0.2, 0.25) is 0 Å². The maximum Gasteiger partial charge on any atom is 0.264 e. The summed E-state index contributed by atoms with van der Waals surface area (Å²) in [6.07, 6.45) is 5.15. The van der Waals surface area contributed by atoms with E-state index >= 15 is 0 Å². The number of anilines is 2. The van der Waals surface area contributed by atoms with E-state index in [2.05, 4.69) is 25.0 Å². The molecule has 2 aromatic carbocycles. The van der Waals surface area contributed by atoms with Crippen LogP contribution in [0.5, 0.6) is 0 Å². The highest BCUT2D eigenvalue weighted by atomic mass is 32.2. The van der Waals surface area contributed by atoms with Gasteiger partial charge in [0.1, 0.15) is 5.65 Å². The zero-order chi connectivity index (χ0) is 24.4. The molecule has 0 saturated heterocycles. The number of amides is 1. The molecule has 174 valence electrons. The van der Waals surface area contributed by atoms with Crippen molar-refractivity contribution in [2.24, 2.45) is 0 Å². The Bertz CT molecular complexity index is 1630. The Morgan fingerprint density at radius 1 is 0.943 bits per heavy atom. The smallest absolute Gasteiger partial charge is 0.264 e. The first-order valence-electron chi connectivity index (χ1n) is 10.7. The highest BCUT2D eigenvalue weighted by molar-refractivity contribution is 7.92. The van der Waals surface area contributed by atoms with Crippen LogP contribution >= 0.6 is 0 Å². The largest absolute Gasteiger partial charge is 0.322 e. The van der Waals surface area contributed by atoms with Crippen molar-refractivity contribution in [2.45, 2.75) is 11.8 Å². The molecule has 0 saturated carbocycles. The van der Waals surface area contributed by atoms with Crippen LogP contribution in [0.3, 0.4) is 0 Å². The Morgan fingerprint density at radius 2 is 1.71 bits per heavy atom. The van der Waals surface area contributed by atoms with Gasteiger partial charge in [0, 0.05) is 41.1 Å². The van der Waals surface area contributed by atoms with Gasteiger partial charge in [0.25, 0.3) is 15.9 Å². The lowest BCUT2D eigenvalue weighted by atomic mass is 10.2. The summed E-state index contributed by atoms with van der Waals surface area (Å²) in [5.74, 6) is -0.342. The van der Waals surface area contributed by atoms with Gasteiger partial charge in [0.05, 0.1) is 10.6 Å². The Labute approximate surface area is 201 Å². The van der Waals surface area contributed by atoms with E-state index in [-0.39, 0.29) is 16.8 Å². The first-order chi connectivity index (χ1) is 16.9. The summed E-state index contributed by atoms with van der Waals surface area (Å²) < 4.78 is 29.4. The van der Waals surface area contributed by atoms with Gasteiger partial charge in [-0.15, -0.1) is 0 Å². The Balaban J connectivity index is 1.30. The summed E-state index contributed by atoms with van der Waals surface area (Å²) in [6, 6.07) is 20.7. The molecule has 0 aliphatic heterocycles. The third-order valence-electron chi connectivity index (χ3n) is 5.23. The van der Waals surface area contributed by atoms with Crippen LogP contribution in [0.15, 0.2) is 96.3 Å². The monoisotopic (exact) mass is 484 g/mol. The van der Waals surface area contributed by atoms with Gasteiger partial charge in [-0.2, -0.15) is 0 Å². The molecule has 2 N–H and O–H groups in total. The SMILES string of the molecule is Cc1ccnc(NS(=O)(=O)c2ccc(NC(=O)c3ccn4cc(-c5ccccc5)nc4c3)cc2)n1. The van der Waals surface area contributed by atoms with E-state index in [1.165, 1.54) is 30.5 Å². The number of imidazole rings is 1. The average molecular weight is 485 g/mol. The minimum atomic E-state index is -3.87. The first-order valence-corrected chi connectivity index (χ1v) is 12.1. The number of pyridine rings is 1. The van der Waals surface area contributed by atoms with Gasteiger partial charge in [-0.05, 0) is 49.4 Å². The second kappa shape index (κ2) is 8.99. The molecule has 0 bridgehead atoms. The fourth-order valence-corrected chi connectivity index (χ4v) is 4.42. The number of hydrogen-bond acceptors (Lipinski definition) is 6. The maximum absolute atomic E-state index is 12.8. The quantitative estimate of drug-likeness (QED) is 0.374. The number of carbonyl (C=O) groups is 1. The van der Waals surface area contributed by atoms with E-state index in [0.717, 1.165) is 11.3 Å². The lowest BCUT2D eigenvalue weighted by Gasteiger charge is -2.09. The topological polar surface area (TPSA) is 118 Å². The van der Waals surface area contributed by atoms with Gasteiger partial charge in [0.2, 0.25) is 5.95 Å². The number of aromatic nitrogens is 4.